The minimum absolute atomic E-state index is 0. The van der Waals surface area contributed by atoms with Crippen molar-refractivity contribution in [2.75, 3.05) is 0 Å². The SMILES string of the molecule is CCCCCCCCCCCCCCCCCCCCCCCCCCCCC(=[C-]c1cc(CCCC)c(CCCC)c(CCCCCC)c1)C(CCCCCCCCCCCCC)=Nc1cc(CCCC)c(CCCCCCCC)c(CCCCCC)c1.Oc1ccccc1.[CH-]=CCCCCCCCCCCCCCCCCCC.[Ni+2]. The van der Waals surface area contributed by atoms with Crippen LogP contribution < -0.4 is 0 Å². The summed E-state index contributed by atoms with van der Waals surface area (Å²) in [5.41, 5.74) is 15.4. The van der Waals surface area contributed by atoms with Crippen molar-refractivity contribution in [3.63, 3.8) is 0 Å². The zero-order chi connectivity index (χ0) is 83.8. The molecule has 3 aromatic carbocycles. The van der Waals surface area contributed by atoms with Crippen molar-refractivity contribution in [1.29, 1.82) is 0 Å². The largest absolute Gasteiger partial charge is 2.00 e. The summed E-state index contributed by atoms with van der Waals surface area (Å²) in [6, 6.07) is 19.2. The van der Waals surface area contributed by atoms with Crippen LogP contribution in [0.1, 0.15) is 589 Å². The summed E-state index contributed by atoms with van der Waals surface area (Å²) in [6.45, 7) is 26.6. The molecular weight excluding hydrogens is 1460 g/mol. The standard InChI is InChI=1S/C88H158N.C20H39.C6H6O.Ni/c1-9-17-25-30-33-35-37-38-39-40-41-42-43-44-45-46-47-48-49-50-51-53-54-56-58-63-70-84(76-79-74-80(66-22-14-6)86(71-24-16-8)81(75-79)68-61-28-20-12-4)88(73-65-60-57-55-52-36-34-31-26-18-10-2)89-85-77-82(67-23-15-7)87(72-64-59-32-27-19-11-3)83(78-85)69-62-29-21-13-5;1-3-5-7-9-11-13-15-17-19-20-18-16-14-12-10-8-6-4-2;7-6-4-2-1-3-5-6;/h74-75,77-78H,9-73H2,1-8H3;1,3H,4-20H2,2H3;1-5,7H;/q2*-1;;+2. The van der Waals surface area contributed by atoms with Crippen LogP contribution in [-0.4, -0.2) is 10.8 Å². The van der Waals surface area contributed by atoms with E-state index in [0.717, 1.165) is 19.3 Å². The van der Waals surface area contributed by atoms with Crippen LogP contribution in [-0.2, 0) is 55.0 Å². The molecule has 0 aliphatic heterocycles. The maximum absolute atomic E-state index is 8.63. The summed E-state index contributed by atoms with van der Waals surface area (Å²) in [5.74, 6) is 0.322. The molecule has 0 atom stereocenters. The van der Waals surface area contributed by atoms with Crippen molar-refractivity contribution in [2.24, 2.45) is 4.99 Å². The number of unbranched alkanes of at least 4 members (excludes halogenated alkanes) is 65. The minimum Gasteiger partial charge on any atom is -0.518 e. The van der Waals surface area contributed by atoms with Crippen LogP contribution in [0.5, 0.6) is 5.75 Å². The van der Waals surface area contributed by atoms with Gasteiger partial charge >= 0.3 is 16.5 Å². The summed E-state index contributed by atoms with van der Waals surface area (Å²) >= 11 is 0. The number of aryl methyl sites for hydroxylation is 4. The summed E-state index contributed by atoms with van der Waals surface area (Å²) in [7, 11) is 0. The van der Waals surface area contributed by atoms with Gasteiger partial charge in [-0.15, -0.1) is 29.3 Å². The van der Waals surface area contributed by atoms with Gasteiger partial charge in [-0.2, -0.15) is 0 Å². The first-order valence-corrected chi connectivity index (χ1v) is 53.1. The third kappa shape index (κ3) is 72.2. The third-order valence-electron chi connectivity index (χ3n) is 25.3. The number of nitrogens with zero attached hydrogens (tertiary/aromatic N) is 1. The molecule has 0 bridgehead atoms. The molecule has 3 aromatic rings. The van der Waals surface area contributed by atoms with Crippen LogP contribution in [0.15, 0.2) is 71.2 Å². The van der Waals surface area contributed by atoms with Gasteiger partial charge in [-0.1, -0.05) is 547 Å². The number of phenols is 1. The van der Waals surface area contributed by atoms with Crippen LogP contribution in [0.25, 0.3) is 0 Å². The van der Waals surface area contributed by atoms with Crippen molar-refractivity contribution in [2.45, 2.75) is 589 Å². The molecule has 0 saturated heterocycles. The van der Waals surface area contributed by atoms with Crippen molar-refractivity contribution in [3.05, 3.63) is 118 Å². The van der Waals surface area contributed by atoms with E-state index in [1.165, 1.54) is 530 Å². The predicted molar refractivity (Wildman–Crippen MR) is 527 cm³/mol. The second-order valence-corrected chi connectivity index (χ2v) is 36.7. The van der Waals surface area contributed by atoms with Gasteiger partial charge in [-0.25, -0.2) is 0 Å². The Labute approximate surface area is 745 Å². The Bertz CT molecular complexity index is 2560. The molecule has 0 fully saturated rings. The van der Waals surface area contributed by atoms with E-state index in [2.05, 4.69) is 92.7 Å². The number of allylic oxidation sites excluding steroid dienone is 2. The summed E-state index contributed by atoms with van der Waals surface area (Å²) in [4.78, 5) is 6.04. The second kappa shape index (κ2) is 92.3. The average molecular weight is 1660 g/mol. The molecule has 0 aliphatic rings. The first-order valence-electron chi connectivity index (χ1n) is 53.1. The molecule has 0 unspecified atom stereocenters. The fraction of sp³-hybridized carbons (Fsp3) is 0.798. The number of phenolic OH excluding ortho intramolecular Hbond substituents is 1. The number of hydrogen-bond acceptors (Lipinski definition) is 2. The Kier molecular flexibility index (Phi) is 90.0. The second-order valence-electron chi connectivity index (χ2n) is 36.7. The maximum Gasteiger partial charge on any atom is 2.00 e. The van der Waals surface area contributed by atoms with Gasteiger partial charge in [0.05, 0.1) is 5.69 Å². The normalized spacial score (nSPS) is 11.6. The Morgan fingerprint density at radius 1 is 0.274 bits per heavy atom. The molecule has 2 nitrogen and oxygen atoms in total. The van der Waals surface area contributed by atoms with Crippen molar-refractivity contribution >= 4 is 11.4 Å². The Hall–Kier alpha value is -2.90. The molecule has 117 heavy (non-hydrogen) atoms. The maximum atomic E-state index is 8.63. The molecule has 0 spiro atoms. The van der Waals surface area contributed by atoms with Gasteiger partial charge < -0.3 is 16.7 Å². The number of aromatic hydroxyl groups is 1. The monoisotopic (exact) mass is 1660 g/mol. The van der Waals surface area contributed by atoms with Gasteiger partial charge in [0.25, 0.3) is 0 Å². The molecule has 0 aliphatic carbocycles. The fourth-order valence-corrected chi connectivity index (χ4v) is 17.6. The van der Waals surface area contributed by atoms with Crippen LogP contribution in [0, 0.1) is 12.7 Å². The van der Waals surface area contributed by atoms with Gasteiger partial charge in [0.1, 0.15) is 5.75 Å². The Morgan fingerprint density at radius 2 is 0.504 bits per heavy atom. The Morgan fingerprint density at radius 3 is 0.795 bits per heavy atom. The van der Waals surface area contributed by atoms with E-state index in [1.807, 2.05) is 6.07 Å². The molecule has 0 heterocycles. The van der Waals surface area contributed by atoms with Crippen LogP contribution in [0.3, 0.4) is 0 Å². The molecule has 0 saturated carbocycles. The zero-order valence-corrected chi connectivity index (χ0v) is 81.5. The van der Waals surface area contributed by atoms with E-state index in [9.17, 15) is 0 Å². The first kappa shape index (κ1) is 114. The van der Waals surface area contributed by atoms with Gasteiger partial charge in [0.15, 0.2) is 0 Å². The number of para-hydroxylation sites is 1. The topological polar surface area (TPSA) is 32.6 Å². The molecular formula is C114H203NNiO. The molecule has 1 N–H and O–H groups in total. The summed E-state index contributed by atoms with van der Waals surface area (Å²) in [5, 5.41) is 8.63. The molecule has 3 rings (SSSR count). The van der Waals surface area contributed by atoms with E-state index in [-0.39, 0.29) is 16.5 Å². The fourth-order valence-electron chi connectivity index (χ4n) is 17.6. The van der Waals surface area contributed by atoms with Crippen molar-refractivity contribution in [1.82, 2.24) is 0 Å². The smallest absolute Gasteiger partial charge is 0.518 e. The van der Waals surface area contributed by atoms with Crippen LogP contribution >= 0.6 is 0 Å². The van der Waals surface area contributed by atoms with Crippen molar-refractivity contribution < 1.29 is 21.6 Å². The van der Waals surface area contributed by atoms with Crippen LogP contribution in [0.4, 0.5) is 5.69 Å². The van der Waals surface area contributed by atoms with E-state index in [0.29, 0.717) is 5.75 Å². The van der Waals surface area contributed by atoms with Crippen molar-refractivity contribution in [3.8, 4) is 5.75 Å². The van der Waals surface area contributed by atoms with Gasteiger partial charge in [0.2, 0.25) is 0 Å². The first-order chi connectivity index (χ1) is 57.3. The van der Waals surface area contributed by atoms with E-state index >= 15 is 0 Å². The van der Waals surface area contributed by atoms with E-state index < -0.39 is 0 Å². The van der Waals surface area contributed by atoms with E-state index in [1.54, 1.807) is 63.7 Å². The average Bonchev–Trinajstić information content (AvgIpc) is 0.812. The summed E-state index contributed by atoms with van der Waals surface area (Å²) < 4.78 is 0. The molecule has 680 valence electrons. The number of benzene rings is 3. The molecule has 0 aromatic heterocycles. The number of hydrogen-bond donors (Lipinski definition) is 1. The molecule has 0 radical (unpaired) electrons. The van der Waals surface area contributed by atoms with E-state index in [4.69, 9.17) is 16.7 Å². The summed E-state index contributed by atoms with van der Waals surface area (Å²) in [6.07, 6.45) is 119. The third-order valence-corrected chi connectivity index (χ3v) is 25.3. The van der Waals surface area contributed by atoms with Gasteiger partial charge in [-0.3, -0.25) is 6.08 Å². The zero-order valence-electron chi connectivity index (χ0n) is 80.5. The molecule has 3 heteroatoms. The Balaban J connectivity index is 0.00000403. The molecule has 0 amide bonds. The number of aliphatic imine (C=N–C) groups is 1. The predicted octanol–water partition coefficient (Wildman–Crippen LogP) is 40.0. The van der Waals surface area contributed by atoms with Crippen LogP contribution in [0.2, 0.25) is 0 Å². The van der Waals surface area contributed by atoms with Gasteiger partial charge in [0, 0.05) is 0 Å². The number of rotatable bonds is 85. The minimum atomic E-state index is 0. The van der Waals surface area contributed by atoms with Gasteiger partial charge in [-0.05, 0) is 124 Å². The quantitative estimate of drug-likeness (QED) is 0.0260.